The van der Waals surface area contributed by atoms with Crippen LogP contribution >= 0.6 is 0 Å². The maximum absolute atomic E-state index is 12.1. The zero-order valence-electron chi connectivity index (χ0n) is 14.6. The van der Waals surface area contributed by atoms with E-state index in [9.17, 15) is 4.79 Å². The van der Waals surface area contributed by atoms with E-state index in [1.54, 1.807) is 0 Å². The van der Waals surface area contributed by atoms with Crippen molar-refractivity contribution in [3.05, 3.63) is 65.7 Å². The number of hydrogen-bond donors (Lipinski definition) is 2. The first-order chi connectivity index (χ1) is 11.8. The molecule has 2 aromatic carbocycles. The minimum atomic E-state index is -0.119. The number of hydrogen-bond acceptors (Lipinski definition) is 1. The Morgan fingerprint density at radius 2 is 1.58 bits per heavy atom. The highest BCUT2D eigenvalue weighted by Gasteiger charge is 2.06. The molecule has 2 aromatic rings. The van der Waals surface area contributed by atoms with Crippen LogP contribution in [0.15, 0.2) is 54.6 Å². The quantitative estimate of drug-likeness (QED) is 0.598. The maximum atomic E-state index is 12.1. The molecule has 2 amide bonds. The van der Waals surface area contributed by atoms with Crippen molar-refractivity contribution in [2.45, 2.75) is 45.4 Å². The summed E-state index contributed by atoms with van der Waals surface area (Å²) in [5.41, 5.74) is 3.25. The molecule has 0 spiro atoms. The van der Waals surface area contributed by atoms with Gasteiger partial charge in [0.25, 0.3) is 0 Å². The van der Waals surface area contributed by atoms with Gasteiger partial charge in [0.15, 0.2) is 0 Å². The minimum Gasteiger partial charge on any atom is -0.338 e. The average molecular weight is 324 g/mol. The molecule has 0 aliphatic rings. The summed E-state index contributed by atoms with van der Waals surface area (Å²) in [6, 6.07) is 18.2. The lowest BCUT2D eigenvalue weighted by Gasteiger charge is -2.12. The molecule has 0 aromatic heterocycles. The highest BCUT2D eigenvalue weighted by Crippen LogP contribution is 2.19. The van der Waals surface area contributed by atoms with Gasteiger partial charge < -0.3 is 10.6 Å². The van der Waals surface area contributed by atoms with Crippen LogP contribution in [0.25, 0.3) is 0 Å². The third kappa shape index (κ3) is 6.45. The lowest BCUT2D eigenvalue weighted by molar-refractivity contribution is 0.252. The van der Waals surface area contributed by atoms with E-state index in [-0.39, 0.29) is 6.03 Å². The first-order valence-corrected chi connectivity index (χ1v) is 8.96. The monoisotopic (exact) mass is 324 g/mol. The number of carbonyl (C=O) groups is 1. The Bertz CT molecular complexity index is 610. The molecule has 0 fully saturated rings. The SMILES string of the molecule is CCCCCCCNC(=O)Nc1ccccc1Cc1ccccc1. The number of rotatable bonds is 9. The molecule has 0 bridgehead atoms. The van der Waals surface area contributed by atoms with Crippen LogP contribution in [-0.4, -0.2) is 12.6 Å². The number of carbonyl (C=O) groups excluding carboxylic acids is 1. The number of para-hydroxylation sites is 1. The van der Waals surface area contributed by atoms with Gasteiger partial charge in [-0.1, -0.05) is 81.1 Å². The molecular formula is C21H28N2O. The molecule has 0 heterocycles. The summed E-state index contributed by atoms with van der Waals surface area (Å²) in [6.45, 7) is 2.94. The lowest BCUT2D eigenvalue weighted by atomic mass is 10.0. The summed E-state index contributed by atoms with van der Waals surface area (Å²) < 4.78 is 0. The molecular weight excluding hydrogens is 296 g/mol. The molecule has 128 valence electrons. The highest BCUT2D eigenvalue weighted by molar-refractivity contribution is 5.90. The van der Waals surface area contributed by atoms with Gasteiger partial charge in [0.2, 0.25) is 0 Å². The van der Waals surface area contributed by atoms with Crippen molar-refractivity contribution in [3.8, 4) is 0 Å². The van der Waals surface area contributed by atoms with Gasteiger partial charge in [0.05, 0.1) is 0 Å². The first kappa shape index (κ1) is 18.1. The number of urea groups is 1. The Hall–Kier alpha value is -2.29. The number of nitrogens with one attached hydrogen (secondary N) is 2. The van der Waals surface area contributed by atoms with Crippen molar-refractivity contribution in [1.82, 2.24) is 5.32 Å². The van der Waals surface area contributed by atoms with Crippen LogP contribution in [0, 0.1) is 0 Å². The first-order valence-electron chi connectivity index (χ1n) is 8.96. The lowest BCUT2D eigenvalue weighted by Crippen LogP contribution is -2.29. The van der Waals surface area contributed by atoms with Gasteiger partial charge in [0, 0.05) is 12.2 Å². The van der Waals surface area contributed by atoms with Crippen molar-refractivity contribution >= 4 is 11.7 Å². The van der Waals surface area contributed by atoms with Crippen molar-refractivity contribution in [1.29, 1.82) is 0 Å². The Kier molecular flexibility index (Phi) is 7.88. The van der Waals surface area contributed by atoms with Crippen molar-refractivity contribution in [3.63, 3.8) is 0 Å². The van der Waals surface area contributed by atoms with E-state index in [2.05, 4.69) is 35.8 Å². The Balaban J connectivity index is 1.82. The van der Waals surface area contributed by atoms with Crippen LogP contribution in [0.5, 0.6) is 0 Å². The van der Waals surface area contributed by atoms with Crippen molar-refractivity contribution < 1.29 is 4.79 Å². The number of unbranched alkanes of at least 4 members (excludes halogenated alkanes) is 4. The Labute approximate surface area is 145 Å². The normalized spacial score (nSPS) is 10.4. The fourth-order valence-corrected chi connectivity index (χ4v) is 2.71. The molecule has 0 aliphatic heterocycles. The van der Waals surface area contributed by atoms with Gasteiger partial charge in [-0.15, -0.1) is 0 Å². The third-order valence-corrected chi connectivity index (χ3v) is 4.07. The Morgan fingerprint density at radius 1 is 0.875 bits per heavy atom. The minimum absolute atomic E-state index is 0.119. The van der Waals surface area contributed by atoms with E-state index in [4.69, 9.17) is 0 Å². The average Bonchev–Trinajstić information content (AvgIpc) is 2.61. The predicted molar refractivity (Wildman–Crippen MR) is 101 cm³/mol. The summed E-state index contributed by atoms with van der Waals surface area (Å²) >= 11 is 0. The molecule has 3 heteroatoms. The van der Waals surface area contributed by atoms with Crippen LogP contribution in [-0.2, 0) is 6.42 Å². The van der Waals surface area contributed by atoms with E-state index in [0.29, 0.717) is 0 Å². The fraction of sp³-hybridized carbons (Fsp3) is 0.381. The highest BCUT2D eigenvalue weighted by atomic mass is 16.2. The van der Waals surface area contributed by atoms with E-state index < -0.39 is 0 Å². The van der Waals surface area contributed by atoms with Gasteiger partial charge in [-0.2, -0.15) is 0 Å². The standard InChI is InChI=1S/C21H28N2O/c1-2-3-4-5-11-16-22-21(24)23-20-15-10-9-14-19(20)17-18-12-7-6-8-13-18/h6-10,12-15H,2-5,11,16-17H2,1H3,(H2,22,23,24). The van der Waals surface area contributed by atoms with Crippen LogP contribution in [0.3, 0.4) is 0 Å². The van der Waals surface area contributed by atoms with Gasteiger partial charge in [-0.05, 0) is 30.0 Å². The van der Waals surface area contributed by atoms with Gasteiger partial charge in [-0.3, -0.25) is 0 Å². The molecule has 0 atom stereocenters. The zero-order chi connectivity index (χ0) is 17.0. The number of amides is 2. The van der Waals surface area contributed by atoms with E-state index in [1.165, 1.54) is 31.2 Å². The second kappa shape index (κ2) is 10.5. The summed E-state index contributed by atoms with van der Waals surface area (Å²) in [5, 5.41) is 5.93. The van der Waals surface area contributed by atoms with E-state index in [1.807, 2.05) is 36.4 Å². The van der Waals surface area contributed by atoms with Crippen LogP contribution in [0.2, 0.25) is 0 Å². The van der Waals surface area contributed by atoms with E-state index in [0.717, 1.165) is 30.6 Å². The van der Waals surface area contributed by atoms with Crippen LogP contribution in [0.4, 0.5) is 10.5 Å². The zero-order valence-corrected chi connectivity index (χ0v) is 14.6. The topological polar surface area (TPSA) is 41.1 Å². The molecule has 0 radical (unpaired) electrons. The predicted octanol–water partition coefficient (Wildman–Crippen LogP) is 5.37. The number of anilines is 1. The van der Waals surface area contributed by atoms with Gasteiger partial charge in [0.1, 0.15) is 0 Å². The smallest absolute Gasteiger partial charge is 0.319 e. The Morgan fingerprint density at radius 3 is 2.38 bits per heavy atom. The number of benzene rings is 2. The second-order valence-electron chi connectivity index (χ2n) is 6.11. The summed E-state index contributed by atoms with van der Waals surface area (Å²) in [7, 11) is 0. The summed E-state index contributed by atoms with van der Waals surface area (Å²) in [4.78, 5) is 12.1. The second-order valence-corrected chi connectivity index (χ2v) is 6.11. The van der Waals surface area contributed by atoms with Gasteiger partial charge >= 0.3 is 6.03 Å². The van der Waals surface area contributed by atoms with Crippen molar-refractivity contribution in [2.75, 3.05) is 11.9 Å². The molecule has 0 unspecified atom stereocenters. The van der Waals surface area contributed by atoms with Gasteiger partial charge in [-0.25, -0.2) is 4.79 Å². The van der Waals surface area contributed by atoms with Crippen LogP contribution < -0.4 is 10.6 Å². The maximum Gasteiger partial charge on any atom is 0.319 e. The molecule has 24 heavy (non-hydrogen) atoms. The van der Waals surface area contributed by atoms with Crippen molar-refractivity contribution in [2.24, 2.45) is 0 Å². The molecule has 3 nitrogen and oxygen atoms in total. The fourth-order valence-electron chi connectivity index (χ4n) is 2.71. The van der Waals surface area contributed by atoms with Crippen LogP contribution in [0.1, 0.15) is 50.2 Å². The largest absolute Gasteiger partial charge is 0.338 e. The molecule has 2 N–H and O–H groups in total. The third-order valence-electron chi connectivity index (χ3n) is 4.07. The molecule has 0 saturated heterocycles. The summed E-state index contributed by atoms with van der Waals surface area (Å²) in [5.74, 6) is 0. The van der Waals surface area contributed by atoms with E-state index >= 15 is 0 Å². The molecule has 2 rings (SSSR count). The molecule has 0 aliphatic carbocycles. The summed E-state index contributed by atoms with van der Waals surface area (Å²) in [6.07, 6.45) is 6.80. The molecule has 0 saturated carbocycles.